The first-order valence-electron chi connectivity index (χ1n) is 8.63. The molecule has 2 N–H and O–H groups in total. The number of anilines is 2. The Morgan fingerprint density at radius 3 is 2.56 bits per heavy atom. The van der Waals surface area contributed by atoms with Crippen LogP contribution in [0.2, 0.25) is 0 Å². The summed E-state index contributed by atoms with van der Waals surface area (Å²) in [4.78, 5) is 16.1. The number of pyridine rings is 1. The second-order valence-corrected chi connectivity index (χ2v) is 5.85. The molecule has 1 amide bonds. The molecule has 0 aliphatic carbocycles. The fourth-order valence-corrected chi connectivity index (χ4v) is 2.43. The molecule has 3 rings (SSSR count). The molecule has 0 aliphatic heterocycles. The van der Waals surface area contributed by atoms with E-state index in [0.717, 1.165) is 22.7 Å². The first kappa shape index (κ1) is 18.2. The number of nitrogens with one attached hydrogen (secondary N) is 2. The highest BCUT2D eigenvalue weighted by Crippen LogP contribution is 2.21. The Labute approximate surface area is 158 Å². The lowest BCUT2D eigenvalue weighted by molar-refractivity contribution is 0.0953. The zero-order chi connectivity index (χ0) is 18.9. The molecule has 0 aliphatic rings. The fraction of sp³-hybridized carbons (Fsp3) is 0.0909. The smallest absolute Gasteiger partial charge is 0.270 e. The van der Waals surface area contributed by atoms with Crippen LogP contribution in [-0.4, -0.2) is 17.4 Å². The van der Waals surface area contributed by atoms with Crippen LogP contribution in [0.3, 0.4) is 0 Å². The Morgan fingerprint density at radius 1 is 1.04 bits per heavy atom. The SMILES string of the molecule is C=CCNC(=O)c1cc(Nc2ccc(OCc3ccccc3)cc2)ccn1. The number of hydrogen-bond acceptors (Lipinski definition) is 4. The summed E-state index contributed by atoms with van der Waals surface area (Å²) in [5.41, 5.74) is 3.15. The summed E-state index contributed by atoms with van der Waals surface area (Å²) in [7, 11) is 0. The molecule has 27 heavy (non-hydrogen) atoms. The van der Waals surface area contributed by atoms with Crippen molar-refractivity contribution < 1.29 is 9.53 Å². The van der Waals surface area contributed by atoms with Crippen molar-refractivity contribution in [3.63, 3.8) is 0 Å². The average molecular weight is 359 g/mol. The minimum absolute atomic E-state index is 0.233. The van der Waals surface area contributed by atoms with Crippen LogP contribution in [0.1, 0.15) is 16.1 Å². The van der Waals surface area contributed by atoms with Gasteiger partial charge in [-0.15, -0.1) is 6.58 Å². The van der Waals surface area contributed by atoms with Crippen LogP contribution in [0.4, 0.5) is 11.4 Å². The summed E-state index contributed by atoms with van der Waals surface area (Å²) in [6.07, 6.45) is 3.23. The van der Waals surface area contributed by atoms with E-state index in [1.54, 1.807) is 18.3 Å². The van der Waals surface area contributed by atoms with E-state index in [1.165, 1.54) is 0 Å². The predicted molar refractivity (Wildman–Crippen MR) is 107 cm³/mol. The molecule has 1 aromatic heterocycles. The second kappa shape index (κ2) is 9.20. The molecule has 136 valence electrons. The second-order valence-electron chi connectivity index (χ2n) is 5.85. The zero-order valence-corrected chi connectivity index (χ0v) is 14.9. The van der Waals surface area contributed by atoms with Gasteiger partial charge in [-0.2, -0.15) is 0 Å². The van der Waals surface area contributed by atoms with Gasteiger partial charge < -0.3 is 15.4 Å². The quantitative estimate of drug-likeness (QED) is 0.588. The van der Waals surface area contributed by atoms with E-state index in [-0.39, 0.29) is 5.91 Å². The molecule has 3 aromatic rings. The van der Waals surface area contributed by atoms with E-state index in [9.17, 15) is 4.79 Å². The molecular weight excluding hydrogens is 338 g/mol. The van der Waals surface area contributed by atoms with Gasteiger partial charge in [-0.1, -0.05) is 36.4 Å². The van der Waals surface area contributed by atoms with Crippen molar-refractivity contribution >= 4 is 17.3 Å². The third-order valence-corrected chi connectivity index (χ3v) is 3.79. The van der Waals surface area contributed by atoms with Gasteiger partial charge in [0, 0.05) is 24.1 Å². The van der Waals surface area contributed by atoms with Gasteiger partial charge >= 0.3 is 0 Å². The lowest BCUT2D eigenvalue weighted by Gasteiger charge is -2.10. The largest absolute Gasteiger partial charge is 0.489 e. The van der Waals surface area contributed by atoms with E-state index in [0.29, 0.717) is 18.8 Å². The minimum Gasteiger partial charge on any atom is -0.489 e. The number of amides is 1. The van der Waals surface area contributed by atoms with Crippen molar-refractivity contribution in [1.29, 1.82) is 0 Å². The topological polar surface area (TPSA) is 63.2 Å². The standard InChI is InChI=1S/C22H21N3O2/c1-2-13-24-22(26)21-15-19(12-14-23-21)25-18-8-10-20(11-9-18)27-16-17-6-4-3-5-7-17/h2-12,14-15H,1,13,16H2,(H,23,25)(H,24,26). The van der Waals surface area contributed by atoms with Crippen LogP contribution in [0, 0.1) is 0 Å². The van der Waals surface area contributed by atoms with E-state index >= 15 is 0 Å². The molecule has 5 heteroatoms. The first-order valence-corrected chi connectivity index (χ1v) is 8.63. The monoisotopic (exact) mass is 359 g/mol. The highest BCUT2D eigenvalue weighted by atomic mass is 16.5. The normalized spacial score (nSPS) is 10.1. The van der Waals surface area contributed by atoms with Crippen molar-refractivity contribution in [1.82, 2.24) is 10.3 Å². The number of ether oxygens (including phenoxy) is 1. The van der Waals surface area contributed by atoms with Crippen molar-refractivity contribution in [3.05, 3.63) is 96.8 Å². The lowest BCUT2D eigenvalue weighted by atomic mass is 10.2. The summed E-state index contributed by atoms with van der Waals surface area (Å²) in [5, 5.41) is 5.97. The summed E-state index contributed by atoms with van der Waals surface area (Å²) >= 11 is 0. The molecular formula is C22H21N3O2. The Balaban J connectivity index is 1.59. The third-order valence-electron chi connectivity index (χ3n) is 3.79. The maximum Gasteiger partial charge on any atom is 0.270 e. The number of hydrogen-bond donors (Lipinski definition) is 2. The summed E-state index contributed by atoms with van der Waals surface area (Å²) in [6.45, 7) is 4.51. The molecule has 0 unspecified atom stereocenters. The number of nitrogens with zero attached hydrogens (tertiary/aromatic N) is 1. The predicted octanol–water partition coefficient (Wildman–Crippen LogP) is 4.32. The molecule has 1 heterocycles. The number of benzene rings is 2. The lowest BCUT2D eigenvalue weighted by Crippen LogP contribution is -2.24. The van der Waals surface area contributed by atoms with E-state index in [2.05, 4.69) is 22.2 Å². The van der Waals surface area contributed by atoms with Gasteiger partial charge in [-0.25, -0.2) is 0 Å². The molecule has 2 aromatic carbocycles. The van der Waals surface area contributed by atoms with Gasteiger partial charge in [0.25, 0.3) is 5.91 Å². The number of carbonyl (C=O) groups excluding carboxylic acids is 1. The Kier molecular flexibility index (Phi) is 6.20. The highest BCUT2D eigenvalue weighted by molar-refractivity contribution is 5.93. The molecule has 0 saturated heterocycles. The van der Waals surface area contributed by atoms with Crippen LogP contribution < -0.4 is 15.4 Å². The molecule has 0 saturated carbocycles. The molecule has 0 spiro atoms. The molecule has 0 fully saturated rings. The summed E-state index contributed by atoms with van der Waals surface area (Å²) in [5.74, 6) is 0.562. The Bertz CT molecular complexity index is 893. The van der Waals surface area contributed by atoms with Crippen molar-refractivity contribution in [2.45, 2.75) is 6.61 Å². The van der Waals surface area contributed by atoms with E-state index < -0.39 is 0 Å². The van der Waals surface area contributed by atoms with Gasteiger partial charge in [-0.3, -0.25) is 9.78 Å². The molecule has 0 radical (unpaired) electrons. The summed E-state index contributed by atoms with van der Waals surface area (Å²) < 4.78 is 5.79. The highest BCUT2D eigenvalue weighted by Gasteiger charge is 2.07. The number of carbonyl (C=O) groups is 1. The number of aromatic nitrogens is 1. The van der Waals surface area contributed by atoms with Crippen LogP contribution in [0.15, 0.2) is 85.6 Å². The van der Waals surface area contributed by atoms with E-state index in [1.807, 2.05) is 60.7 Å². The molecule has 5 nitrogen and oxygen atoms in total. The van der Waals surface area contributed by atoms with Gasteiger partial charge in [0.15, 0.2) is 0 Å². The fourth-order valence-electron chi connectivity index (χ4n) is 2.43. The van der Waals surface area contributed by atoms with Gasteiger partial charge in [0.1, 0.15) is 18.1 Å². The van der Waals surface area contributed by atoms with E-state index in [4.69, 9.17) is 4.74 Å². The van der Waals surface area contributed by atoms with Crippen LogP contribution >= 0.6 is 0 Å². The van der Waals surface area contributed by atoms with Crippen molar-refractivity contribution in [3.8, 4) is 5.75 Å². The Morgan fingerprint density at radius 2 is 1.81 bits per heavy atom. The van der Waals surface area contributed by atoms with Gasteiger partial charge in [-0.05, 0) is 42.0 Å². The minimum atomic E-state index is -0.233. The first-order chi connectivity index (χ1) is 13.2. The van der Waals surface area contributed by atoms with Crippen molar-refractivity contribution in [2.24, 2.45) is 0 Å². The molecule has 0 atom stereocenters. The zero-order valence-electron chi connectivity index (χ0n) is 14.9. The van der Waals surface area contributed by atoms with Crippen molar-refractivity contribution in [2.75, 3.05) is 11.9 Å². The molecule has 0 bridgehead atoms. The Hall–Kier alpha value is -3.60. The van der Waals surface area contributed by atoms with Gasteiger partial charge in [0.05, 0.1) is 0 Å². The van der Waals surface area contributed by atoms with Crippen LogP contribution in [0.5, 0.6) is 5.75 Å². The third kappa shape index (κ3) is 5.44. The maximum absolute atomic E-state index is 12.0. The maximum atomic E-state index is 12.0. The van der Waals surface area contributed by atoms with Gasteiger partial charge in [0.2, 0.25) is 0 Å². The van der Waals surface area contributed by atoms with Crippen LogP contribution in [0.25, 0.3) is 0 Å². The van der Waals surface area contributed by atoms with Crippen LogP contribution in [-0.2, 0) is 6.61 Å². The number of rotatable bonds is 8. The summed E-state index contributed by atoms with van der Waals surface area (Å²) in [6, 6.07) is 21.2. The average Bonchev–Trinajstić information content (AvgIpc) is 2.72.